The molecule has 1 aromatic rings. The minimum Gasteiger partial charge on any atom is -0.497 e. The molecule has 0 spiro atoms. The summed E-state index contributed by atoms with van der Waals surface area (Å²) in [4.78, 5) is 2.46. The van der Waals surface area contributed by atoms with Crippen LogP contribution in [0.2, 0.25) is 0 Å². The minimum absolute atomic E-state index is 0.330. The van der Waals surface area contributed by atoms with Gasteiger partial charge < -0.3 is 9.47 Å². The fraction of sp³-hybridized carbons (Fsp3) is 0.571. The summed E-state index contributed by atoms with van der Waals surface area (Å²) in [6.07, 6.45) is 0.330. The molecule has 2 rings (SSSR count). The van der Waals surface area contributed by atoms with Crippen molar-refractivity contribution in [3.05, 3.63) is 29.8 Å². The zero-order chi connectivity index (χ0) is 12.3. The molecular weight excluding hydrogens is 214 g/mol. The third-order valence-electron chi connectivity index (χ3n) is 3.26. The summed E-state index contributed by atoms with van der Waals surface area (Å²) in [5.41, 5.74) is 1.30. The standard InChI is InChI=1S/C14H21NO2/c1-11-10-17-12(2)8-15(11)9-13-5-4-6-14(7-13)16-3/h4-7,11-12H,8-10H2,1-3H3/t11-,12+/m0/s1. The number of morpholine rings is 1. The van der Waals surface area contributed by atoms with Crippen molar-refractivity contribution in [2.75, 3.05) is 20.3 Å². The molecular formula is C14H21NO2. The third kappa shape index (κ3) is 3.20. The van der Waals surface area contributed by atoms with Gasteiger partial charge in [-0.1, -0.05) is 12.1 Å². The largest absolute Gasteiger partial charge is 0.497 e. The van der Waals surface area contributed by atoms with E-state index in [1.54, 1.807) is 7.11 Å². The molecule has 0 aromatic heterocycles. The van der Waals surface area contributed by atoms with E-state index in [-0.39, 0.29) is 0 Å². The number of hydrogen-bond acceptors (Lipinski definition) is 3. The van der Waals surface area contributed by atoms with Crippen molar-refractivity contribution < 1.29 is 9.47 Å². The van der Waals surface area contributed by atoms with E-state index in [9.17, 15) is 0 Å². The number of rotatable bonds is 3. The molecule has 1 aliphatic heterocycles. The number of nitrogens with zero attached hydrogens (tertiary/aromatic N) is 1. The molecule has 1 saturated heterocycles. The van der Waals surface area contributed by atoms with E-state index in [1.165, 1.54) is 5.56 Å². The fourth-order valence-corrected chi connectivity index (χ4v) is 2.20. The van der Waals surface area contributed by atoms with Crippen LogP contribution in [0.1, 0.15) is 19.4 Å². The van der Waals surface area contributed by atoms with Crippen molar-refractivity contribution in [2.24, 2.45) is 0 Å². The summed E-state index contributed by atoms with van der Waals surface area (Å²) in [6, 6.07) is 8.76. The van der Waals surface area contributed by atoms with E-state index >= 15 is 0 Å². The summed E-state index contributed by atoms with van der Waals surface area (Å²) >= 11 is 0. The molecule has 0 saturated carbocycles. The van der Waals surface area contributed by atoms with Crippen molar-refractivity contribution >= 4 is 0 Å². The molecule has 2 atom stereocenters. The molecule has 1 fully saturated rings. The summed E-state index contributed by atoms with van der Waals surface area (Å²) in [5.74, 6) is 0.927. The van der Waals surface area contributed by atoms with Gasteiger partial charge in [0, 0.05) is 19.1 Å². The summed E-state index contributed by atoms with van der Waals surface area (Å²) in [5, 5.41) is 0. The van der Waals surface area contributed by atoms with E-state index in [2.05, 4.69) is 30.9 Å². The maximum absolute atomic E-state index is 5.64. The first-order chi connectivity index (χ1) is 8.19. The van der Waals surface area contributed by atoms with Gasteiger partial charge in [0.25, 0.3) is 0 Å². The molecule has 0 radical (unpaired) electrons. The molecule has 3 heteroatoms. The molecule has 0 N–H and O–H groups in total. The van der Waals surface area contributed by atoms with Gasteiger partial charge in [-0.3, -0.25) is 4.90 Å². The van der Waals surface area contributed by atoms with Gasteiger partial charge >= 0.3 is 0 Å². The zero-order valence-electron chi connectivity index (χ0n) is 10.8. The number of ether oxygens (including phenoxy) is 2. The predicted octanol–water partition coefficient (Wildman–Crippen LogP) is 2.30. The van der Waals surface area contributed by atoms with E-state index in [0.29, 0.717) is 12.1 Å². The maximum Gasteiger partial charge on any atom is 0.119 e. The van der Waals surface area contributed by atoms with Crippen LogP contribution in [0.4, 0.5) is 0 Å². The second-order valence-electron chi connectivity index (χ2n) is 4.77. The normalized spacial score (nSPS) is 25.8. The highest BCUT2D eigenvalue weighted by Crippen LogP contribution is 2.18. The Labute approximate surface area is 103 Å². The van der Waals surface area contributed by atoms with Crippen LogP contribution in [0.5, 0.6) is 5.75 Å². The van der Waals surface area contributed by atoms with Crippen molar-refractivity contribution in [3.63, 3.8) is 0 Å². The average molecular weight is 235 g/mol. The lowest BCUT2D eigenvalue weighted by Crippen LogP contribution is -2.46. The van der Waals surface area contributed by atoms with Crippen LogP contribution >= 0.6 is 0 Å². The Morgan fingerprint density at radius 2 is 2.24 bits per heavy atom. The van der Waals surface area contributed by atoms with Crippen molar-refractivity contribution in [1.82, 2.24) is 4.90 Å². The summed E-state index contributed by atoms with van der Waals surface area (Å²) in [7, 11) is 1.71. The van der Waals surface area contributed by atoms with Crippen LogP contribution in [-0.4, -0.2) is 37.3 Å². The second kappa shape index (κ2) is 5.52. The van der Waals surface area contributed by atoms with Crippen molar-refractivity contribution in [1.29, 1.82) is 0 Å². The molecule has 0 aliphatic carbocycles. The Bertz CT molecular complexity index is 367. The molecule has 1 heterocycles. The highest BCUT2D eigenvalue weighted by molar-refractivity contribution is 5.28. The van der Waals surface area contributed by atoms with Gasteiger partial charge in [0.1, 0.15) is 5.75 Å². The number of methoxy groups -OCH3 is 1. The van der Waals surface area contributed by atoms with Crippen LogP contribution in [0.3, 0.4) is 0 Å². The molecule has 1 aliphatic rings. The molecule has 0 amide bonds. The van der Waals surface area contributed by atoms with Gasteiger partial charge in [-0.25, -0.2) is 0 Å². The quantitative estimate of drug-likeness (QED) is 0.802. The fourth-order valence-electron chi connectivity index (χ4n) is 2.20. The van der Waals surface area contributed by atoms with Gasteiger partial charge in [-0.2, -0.15) is 0 Å². The van der Waals surface area contributed by atoms with E-state index in [0.717, 1.165) is 25.4 Å². The van der Waals surface area contributed by atoms with Gasteiger partial charge in [0.2, 0.25) is 0 Å². The Morgan fingerprint density at radius 3 is 3.00 bits per heavy atom. The van der Waals surface area contributed by atoms with Crippen LogP contribution in [-0.2, 0) is 11.3 Å². The lowest BCUT2D eigenvalue weighted by Gasteiger charge is -2.36. The highest BCUT2D eigenvalue weighted by Gasteiger charge is 2.23. The van der Waals surface area contributed by atoms with Gasteiger partial charge in [-0.05, 0) is 31.5 Å². The van der Waals surface area contributed by atoms with E-state index < -0.39 is 0 Å². The second-order valence-corrected chi connectivity index (χ2v) is 4.77. The first kappa shape index (κ1) is 12.4. The summed E-state index contributed by atoms with van der Waals surface area (Å²) < 4.78 is 10.9. The van der Waals surface area contributed by atoms with Gasteiger partial charge in [0.15, 0.2) is 0 Å². The monoisotopic (exact) mass is 235 g/mol. The Kier molecular flexibility index (Phi) is 4.02. The first-order valence-electron chi connectivity index (χ1n) is 6.17. The smallest absolute Gasteiger partial charge is 0.119 e. The minimum atomic E-state index is 0.330. The van der Waals surface area contributed by atoms with Crippen LogP contribution in [0.25, 0.3) is 0 Å². The predicted molar refractivity (Wildman–Crippen MR) is 68.3 cm³/mol. The first-order valence-corrected chi connectivity index (χ1v) is 6.17. The average Bonchev–Trinajstić information content (AvgIpc) is 2.34. The Balaban J connectivity index is 2.03. The molecule has 17 heavy (non-hydrogen) atoms. The Morgan fingerprint density at radius 1 is 1.41 bits per heavy atom. The SMILES string of the molecule is COc1cccc(CN2C[C@@H](C)OC[C@@H]2C)c1. The molecule has 0 unspecified atom stereocenters. The molecule has 1 aromatic carbocycles. The van der Waals surface area contributed by atoms with Crippen LogP contribution < -0.4 is 4.74 Å². The van der Waals surface area contributed by atoms with Crippen LogP contribution in [0, 0.1) is 0 Å². The number of benzene rings is 1. The van der Waals surface area contributed by atoms with Crippen molar-refractivity contribution in [2.45, 2.75) is 32.5 Å². The number of hydrogen-bond donors (Lipinski definition) is 0. The van der Waals surface area contributed by atoms with Gasteiger partial charge in [0.05, 0.1) is 19.8 Å². The molecule has 0 bridgehead atoms. The maximum atomic E-state index is 5.64. The third-order valence-corrected chi connectivity index (χ3v) is 3.26. The summed E-state index contributed by atoms with van der Waals surface area (Å²) in [6.45, 7) is 7.13. The molecule has 94 valence electrons. The van der Waals surface area contributed by atoms with E-state index in [4.69, 9.17) is 9.47 Å². The van der Waals surface area contributed by atoms with Crippen molar-refractivity contribution in [3.8, 4) is 5.75 Å². The molecule has 3 nitrogen and oxygen atoms in total. The van der Waals surface area contributed by atoms with Crippen LogP contribution in [0.15, 0.2) is 24.3 Å². The highest BCUT2D eigenvalue weighted by atomic mass is 16.5. The Hall–Kier alpha value is -1.06. The lowest BCUT2D eigenvalue weighted by molar-refractivity contribution is -0.0526. The van der Waals surface area contributed by atoms with E-state index in [1.807, 2.05) is 12.1 Å². The lowest BCUT2D eigenvalue weighted by atomic mass is 10.1. The van der Waals surface area contributed by atoms with Gasteiger partial charge in [-0.15, -0.1) is 0 Å². The topological polar surface area (TPSA) is 21.7 Å². The zero-order valence-corrected chi connectivity index (χ0v) is 10.8.